The van der Waals surface area contributed by atoms with Gasteiger partial charge in [-0.3, -0.25) is 0 Å². The van der Waals surface area contributed by atoms with Crippen LogP contribution >= 0.6 is 0 Å². The van der Waals surface area contributed by atoms with Crippen LogP contribution in [-0.4, -0.2) is 32.9 Å². The number of aryl methyl sites for hydroxylation is 1. The number of ether oxygens (including phenoxy) is 1. The fourth-order valence-electron chi connectivity index (χ4n) is 3.89. The Bertz CT molecular complexity index is 1160. The van der Waals surface area contributed by atoms with Crippen molar-refractivity contribution in [3.05, 3.63) is 101 Å². The maximum absolute atomic E-state index is 12.1. The number of rotatable bonds is 6. The molecule has 0 saturated carbocycles. The number of carbonyl (C=O) groups is 1. The van der Waals surface area contributed by atoms with Gasteiger partial charge in [0.15, 0.2) is 11.4 Å². The van der Waals surface area contributed by atoms with Gasteiger partial charge >= 0.3 is 5.97 Å². The molecule has 0 aliphatic heterocycles. The predicted octanol–water partition coefficient (Wildman–Crippen LogP) is 3.89. The van der Waals surface area contributed by atoms with Gasteiger partial charge in [0.2, 0.25) is 0 Å². The summed E-state index contributed by atoms with van der Waals surface area (Å²) in [5.41, 5.74) is 1.77. The van der Waals surface area contributed by atoms with E-state index >= 15 is 0 Å². The number of pyridine rings is 1. The normalized spacial score (nSPS) is 11.6. The van der Waals surface area contributed by atoms with Gasteiger partial charge in [-0.15, -0.1) is 0 Å². The molecule has 2 N–H and O–H groups in total. The van der Waals surface area contributed by atoms with Crippen molar-refractivity contribution in [2.45, 2.75) is 18.9 Å². The lowest BCUT2D eigenvalue weighted by Crippen LogP contribution is -2.30. The second-order valence-electron chi connectivity index (χ2n) is 7.01. The number of aliphatic hydroxyl groups is 1. The monoisotopic (exact) mass is 402 g/mol. The molecule has 152 valence electrons. The molecule has 0 saturated heterocycles. The molecule has 0 fully saturated rings. The molecule has 0 aliphatic carbocycles. The molecule has 0 bridgehead atoms. The van der Waals surface area contributed by atoms with Crippen LogP contribution in [0, 0.1) is 0 Å². The molecule has 2 aromatic carbocycles. The summed E-state index contributed by atoms with van der Waals surface area (Å²) >= 11 is 0. The van der Waals surface area contributed by atoms with E-state index in [1.165, 1.54) is 13.3 Å². The number of carboxylic acid groups (broad SMARTS) is 1. The summed E-state index contributed by atoms with van der Waals surface area (Å²) in [6.45, 7) is 1.96. The van der Waals surface area contributed by atoms with Crippen LogP contribution in [0.25, 0.3) is 5.52 Å². The number of aromatic nitrogens is 2. The number of methoxy groups -OCH3 is 1. The molecule has 0 aliphatic rings. The minimum absolute atomic E-state index is 0.0501. The Morgan fingerprint density at radius 2 is 1.63 bits per heavy atom. The third-order valence-corrected chi connectivity index (χ3v) is 5.37. The summed E-state index contributed by atoms with van der Waals surface area (Å²) in [5.74, 6) is -0.879. The highest BCUT2D eigenvalue weighted by molar-refractivity contribution is 5.92. The Balaban J connectivity index is 2.07. The molecule has 0 amide bonds. The van der Waals surface area contributed by atoms with Crippen LogP contribution in [0.2, 0.25) is 0 Å². The van der Waals surface area contributed by atoms with Crippen molar-refractivity contribution < 1.29 is 19.7 Å². The topological polar surface area (TPSA) is 84.1 Å². The van der Waals surface area contributed by atoms with Crippen LogP contribution in [0.15, 0.2) is 72.9 Å². The van der Waals surface area contributed by atoms with Crippen LogP contribution in [0.4, 0.5) is 0 Å². The summed E-state index contributed by atoms with van der Waals surface area (Å²) in [4.78, 5) is 11.7. The van der Waals surface area contributed by atoms with Gasteiger partial charge in [0.05, 0.1) is 18.8 Å². The van der Waals surface area contributed by atoms with E-state index in [2.05, 4.69) is 0 Å². The molecule has 4 rings (SSSR count). The van der Waals surface area contributed by atoms with Gasteiger partial charge in [-0.05, 0) is 23.6 Å². The Morgan fingerprint density at radius 3 is 2.10 bits per heavy atom. The molecule has 0 radical (unpaired) electrons. The molecular weight excluding hydrogens is 380 g/mol. The maximum atomic E-state index is 12.1. The van der Waals surface area contributed by atoms with Gasteiger partial charge in [-0.1, -0.05) is 67.6 Å². The molecule has 0 spiro atoms. The number of nitrogens with zero attached hydrogens (tertiary/aromatic N) is 2. The minimum Gasteiger partial charge on any atom is -0.494 e. The molecule has 4 aromatic rings. The van der Waals surface area contributed by atoms with Crippen molar-refractivity contribution in [3.8, 4) is 5.75 Å². The Morgan fingerprint density at radius 1 is 1.07 bits per heavy atom. The largest absolute Gasteiger partial charge is 0.494 e. The highest BCUT2D eigenvalue weighted by Gasteiger charge is 2.39. The van der Waals surface area contributed by atoms with E-state index in [1.807, 2.05) is 67.6 Å². The minimum atomic E-state index is -1.50. The van der Waals surface area contributed by atoms with E-state index in [4.69, 9.17) is 9.84 Å². The molecule has 30 heavy (non-hydrogen) atoms. The zero-order valence-corrected chi connectivity index (χ0v) is 16.7. The predicted molar refractivity (Wildman–Crippen MR) is 113 cm³/mol. The summed E-state index contributed by atoms with van der Waals surface area (Å²) in [6.07, 6.45) is 2.10. The van der Waals surface area contributed by atoms with Crippen molar-refractivity contribution >= 4 is 11.5 Å². The van der Waals surface area contributed by atoms with Gasteiger partial charge in [-0.25, -0.2) is 9.31 Å². The second kappa shape index (κ2) is 7.65. The van der Waals surface area contributed by atoms with Crippen molar-refractivity contribution in [2.75, 3.05) is 7.11 Å². The third-order valence-electron chi connectivity index (χ3n) is 5.37. The smallest absolute Gasteiger partial charge is 0.339 e. The Labute approximate surface area is 174 Å². The van der Waals surface area contributed by atoms with Gasteiger partial charge in [0.1, 0.15) is 11.3 Å². The fraction of sp³-hybridized carbons (Fsp3) is 0.167. The summed E-state index contributed by atoms with van der Waals surface area (Å²) < 4.78 is 6.83. The quantitative estimate of drug-likeness (QED) is 0.511. The zero-order chi connectivity index (χ0) is 21.3. The molecule has 2 aromatic heterocycles. The first-order chi connectivity index (χ1) is 14.5. The highest BCUT2D eigenvalue weighted by Crippen LogP contribution is 2.39. The van der Waals surface area contributed by atoms with Crippen molar-refractivity contribution in [3.63, 3.8) is 0 Å². The van der Waals surface area contributed by atoms with E-state index in [9.17, 15) is 15.0 Å². The first-order valence-electron chi connectivity index (χ1n) is 9.67. The number of fused-ring (bicyclic) bond motifs is 1. The molecule has 0 atom stereocenters. The number of hydrogen-bond donors (Lipinski definition) is 2. The lowest BCUT2D eigenvalue weighted by atomic mass is 9.81. The molecular formula is C24H22N2O4. The lowest BCUT2D eigenvalue weighted by Gasteiger charge is -2.28. The van der Waals surface area contributed by atoms with Crippen LogP contribution in [0.1, 0.15) is 39.7 Å². The number of benzene rings is 2. The van der Waals surface area contributed by atoms with Crippen LogP contribution < -0.4 is 4.74 Å². The van der Waals surface area contributed by atoms with Crippen molar-refractivity contribution in [2.24, 2.45) is 0 Å². The summed E-state index contributed by atoms with van der Waals surface area (Å²) in [5, 5.41) is 26.4. The zero-order valence-electron chi connectivity index (χ0n) is 16.7. The number of aromatic carboxylic acids is 1. The maximum Gasteiger partial charge on any atom is 0.339 e. The van der Waals surface area contributed by atoms with Crippen molar-refractivity contribution in [1.82, 2.24) is 9.61 Å². The average molecular weight is 402 g/mol. The highest BCUT2D eigenvalue weighted by atomic mass is 16.5. The number of hydrogen-bond acceptors (Lipinski definition) is 4. The van der Waals surface area contributed by atoms with E-state index in [0.29, 0.717) is 28.8 Å². The van der Waals surface area contributed by atoms with E-state index in [-0.39, 0.29) is 11.3 Å². The molecule has 0 unspecified atom stereocenters. The van der Waals surface area contributed by atoms with Crippen LogP contribution in [0.5, 0.6) is 5.75 Å². The van der Waals surface area contributed by atoms with Crippen LogP contribution in [-0.2, 0) is 12.0 Å². The second-order valence-corrected chi connectivity index (χ2v) is 7.01. The SMILES string of the molecule is CCc1c(C(O)(c2ccccc2)c2ccccc2)nn2cc(OC)c(C(=O)O)cc12. The molecule has 2 heterocycles. The van der Waals surface area contributed by atoms with Gasteiger partial charge in [-0.2, -0.15) is 5.10 Å². The Kier molecular flexibility index (Phi) is 5.01. The lowest BCUT2D eigenvalue weighted by molar-refractivity contribution is 0.0693. The summed E-state index contributed by atoms with van der Waals surface area (Å²) in [7, 11) is 1.42. The van der Waals surface area contributed by atoms with Gasteiger partial charge < -0.3 is 14.9 Å². The van der Waals surface area contributed by atoms with E-state index in [1.54, 1.807) is 10.6 Å². The fourth-order valence-corrected chi connectivity index (χ4v) is 3.89. The molecule has 6 heteroatoms. The molecule has 6 nitrogen and oxygen atoms in total. The van der Waals surface area contributed by atoms with Crippen molar-refractivity contribution in [1.29, 1.82) is 0 Å². The van der Waals surface area contributed by atoms with Gasteiger partial charge in [0.25, 0.3) is 0 Å². The van der Waals surface area contributed by atoms with Gasteiger partial charge in [0, 0.05) is 5.56 Å². The summed E-state index contributed by atoms with van der Waals surface area (Å²) in [6, 6.07) is 20.3. The first-order valence-corrected chi connectivity index (χ1v) is 9.67. The standard InChI is InChI=1S/C24H22N2O4/c1-3-18-20-14-19(23(27)28)21(30-2)15-26(20)25-22(18)24(29,16-10-6-4-7-11-16)17-12-8-5-9-13-17/h4-15,29H,3H2,1-2H3,(H,27,28). The Hall–Kier alpha value is -3.64. The van der Waals surface area contributed by atoms with Crippen LogP contribution in [0.3, 0.4) is 0 Å². The van der Waals surface area contributed by atoms with E-state index < -0.39 is 11.6 Å². The first kappa shape index (κ1) is 19.7. The number of carboxylic acids is 1. The third kappa shape index (κ3) is 3.02. The van der Waals surface area contributed by atoms with E-state index in [0.717, 1.165) is 5.56 Å². The average Bonchev–Trinajstić information content (AvgIpc) is 3.16.